The van der Waals surface area contributed by atoms with Gasteiger partial charge in [0.05, 0.1) is 24.7 Å². The fourth-order valence-corrected chi connectivity index (χ4v) is 1.91. The van der Waals surface area contributed by atoms with Crippen molar-refractivity contribution in [2.75, 3.05) is 17.2 Å². The highest BCUT2D eigenvalue weighted by Gasteiger charge is 2.11. The molecule has 2 N–H and O–H groups in total. The van der Waals surface area contributed by atoms with Crippen molar-refractivity contribution in [2.45, 2.75) is 33.2 Å². The molecule has 0 aliphatic rings. The summed E-state index contributed by atoms with van der Waals surface area (Å²) in [5.41, 5.74) is 0.869. The van der Waals surface area contributed by atoms with Gasteiger partial charge in [0.2, 0.25) is 0 Å². The Morgan fingerprint density at radius 1 is 1.22 bits per heavy atom. The van der Waals surface area contributed by atoms with Gasteiger partial charge in [-0.1, -0.05) is 19.1 Å². The number of benzene rings is 1. The van der Waals surface area contributed by atoms with E-state index < -0.39 is 0 Å². The number of amides is 1. The van der Waals surface area contributed by atoms with Gasteiger partial charge in [0.25, 0.3) is 5.91 Å². The molecule has 2 aromatic rings. The number of anilines is 2. The van der Waals surface area contributed by atoms with Crippen LogP contribution in [0.2, 0.25) is 0 Å². The van der Waals surface area contributed by atoms with Gasteiger partial charge in [0, 0.05) is 6.04 Å². The molecule has 1 amide bonds. The van der Waals surface area contributed by atoms with Crippen LogP contribution in [-0.4, -0.2) is 28.5 Å². The molecule has 0 bridgehead atoms. The normalized spacial score (nSPS) is 11.6. The van der Waals surface area contributed by atoms with E-state index >= 15 is 0 Å². The van der Waals surface area contributed by atoms with Crippen molar-refractivity contribution in [1.29, 1.82) is 0 Å². The fraction of sp³-hybridized carbons (Fsp3) is 0.353. The molecule has 0 aliphatic heterocycles. The molecule has 0 fully saturated rings. The van der Waals surface area contributed by atoms with Crippen molar-refractivity contribution in [2.24, 2.45) is 0 Å². The Bertz CT molecular complexity index is 643. The monoisotopic (exact) mass is 314 g/mol. The number of nitrogens with zero attached hydrogens (tertiary/aromatic N) is 2. The maximum Gasteiger partial charge on any atom is 0.275 e. The third kappa shape index (κ3) is 4.67. The minimum atomic E-state index is -0.320. The number of carbonyl (C=O) groups is 1. The first-order valence-corrected chi connectivity index (χ1v) is 7.75. The number of carbonyl (C=O) groups excluding carboxylic acids is 1. The highest BCUT2D eigenvalue weighted by molar-refractivity contribution is 6.03. The molecular weight excluding hydrogens is 292 g/mol. The number of para-hydroxylation sites is 2. The van der Waals surface area contributed by atoms with Crippen molar-refractivity contribution in [3.63, 3.8) is 0 Å². The summed E-state index contributed by atoms with van der Waals surface area (Å²) in [5.74, 6) is 0.969. The van der Waals surface area contributed by atoms with Crippen LogP contribution in [0, 0.1) is 0 Å². The molecule has 1 aromatic carbocycles. The third-order valence-corrected chi connectivity index (χ3v) is 3.33. The summed E-state index contributed by atoms with van der Waals surface area (Å²) in [5, 5.41) is 6.00. The van der Waals surface area contributed by atoms with Gasteiger partial charge in [-0.25, -0.2) is 9.97 Å². The van der Waals surface area contributed by atoms with Gasteiger partial charge in [-0.2, -0.15) is 0 Å². The molecular formula is C17H22N4O2. The largest absolute Gasteiger partial charge is 0.492 e. The molecule has 23 heavy (non-hydrogen) atoms. The van der Waals surface area contributed by atoms with Crippen LogP contribution >= 0.6 is 0 Å². The van der Waals surface area contributed by atoms with Crippen molar-refractivity contribution < 1.29 is 9.53 Å². The van der Waals surface area contributed by atoms with Crippen LogP contribution in [0.25, 0.3) is 0 Å². The average molecular weight is 314 g/mol. The number of ether oxygens (including phenoxy) is 1. The zero-order chi connectivity index (χ0) is 16.7. The minimum absolute atomic E-state index is 0.256. The Hall–Kier alpha value is -2.63. The second-order valence-electron chi connectivity index (χ2n) is 5.12. The molecule has 0 radical (unpaired) electrons. The summed E-state index contributed by atoms with van der Waals surface area (Å²) in [6.07, 6.45) is 4.01. The van der Waals surface area contributed by atoms with E-state index in [4.69, 9.17) is 4.74 Å². The Labute approximate surface area is 136 Å². The lowest BCUT2D eigenvalue weighted by Gasteiger charge is -2.12. The van der Waals surface area contributed by atoms with E-state index in [1.165, 1.54) is 6.20 Å². The van der Waals surface area contributed by atoms with Gasteiger partial charge in [-0.05, 0) is 32.4 Å². The van der Waals surface area contributed by atoms with Crippen LogP contribution in [0.15, 0.2) is 36.7 Å². The first-order chi connectivity index (χ1) is 11.1. The molecule has 0 spiro atoms. The molecule has 1 unspecified atom stereocenters. The van der Waals surface area contributed by atoms with Crippen LogP contribution in [0.3, 0.4) is 0 Å². The number of hydrogen-bond acceptors (Lipinski definition) is 5. The SMILES string of the molecule is CCOc1ccccc1NC(=O)c1cnc(NC(C)CC)cn1. The van der Waals surface area contributed by atoms with E-state index in [1.54, 1.807) is 12.3 Å². The van der Waals surface area contributed by atoms with Gasteiger partial charge in [0.1, 0.15) is 17.3 Å². The second kappa shape index (κ2) is 8.12. The van der Waals surface area contributed by atoms with Crippen LogP contribution in [0.4, 0.5) is 11.5 Å². The molecule has 122 valence electrons. The minimum Gasteiger partial charge on any atom is -0.492 e. The number of hydrogen-bond donors (Lipinski definition) is 2. The predicted molar refractivity (Wildman–Crippen MR) is 91.0 cm³/mol. The van der Waals surface area contributed by atoms with E-state index in [9.17, 15) is 4.79 Å². The second-order valence-corrected chi connectivity index (χ2v) is 5.12. The van der Waals surface area contributed by atoms with Crippen LogP contribution in [0.5, 0.6) is 5.75 Å². The van der Waals surface area contributed by atoms with Gasteiger partial charge in [-0.15, -0.1) is 0 Å². The molecule has 0 aliphatic carbocycles. The first kappa shape index (κ1) is 16.7. The van der Waals surface area contributed by atoms with Crippen molar-refractivity contribution in [3.05, 3.63) is 42.4 Å². The van der Waals surface area contributed by atoms with E-state index in [0.717, 1.165) is 6.42 Å². The Morgan fingerprint density at radius 3 is 2.65 bits per heavy atom. The number of rotatable bonds is 7. The molecule has 0 saturated heterocycles. The number of aromatic nitrogens is 2. The lowest BCUT2D eigenvalue weighted by molar-refractivity contribution is 0.102. The summed E-state index contributed by atoms with van der Waals surface area (Å²) in [4.78, 5) is 20.7. The predicted octanol–water partition coefficient (Wildman–Crippen LogP) is 3.34. The highest BCUT2D eigenvalue weighted by atomic mass is 16.5. The van der Waals surface area contributed by atoms with E-state index in [2.05, 4.69) is 34.4 Å². The van der Waals surface area contributed by atoms with Crippen molar-refractivity contribution >= 4 is 17.4 Å². The molecule has 0 saturated carbocycles. The van der Waals surface area contributed by atoms with Crippen molar-refractivity contribution in [1.82, 2.24) is 9.97 Å². The molecule has 2 rings (SSSR count). The first-order valence-electron chi connectivity index (χ1n) is 7.75. The summed E-state index contributed by atoms with van der Waals surface area (Å²) in [6.45, 7) is 6.57. The van der Waals surface area contributed by atoms with Crippen LogP contribution in [-0.2, 0) is 0 Å². The fourth-order valence-electron chi connectivity index (χ4n) is 1.91. The van der Waals surface area contributed by atoms with Gasteiger partial charge >= 0.3 is 0 Å². The van der Waals surface area contributed by atoms with Crippen molar-refractivity contribution in [3.8, 4) is 5.75 Å². The topological polar surface area (TPSA) is 76.1 Å². The molecule has 1 heterocycles. The van der Waals surface area contributed by atoms with E-state index in [1.807, 2.05) is 25.1 Å². The van der Waals surface area contributed by atoms with Crippen LogP contribution < -0.4 is 15.4 Å². The molecule has 1 atom stereocenters. The van der Waals surface area contributed by atoms with Gasteiger partial charge in [-0.3, -0.25) is 4.79 Å². The van der Waals surface area contributed by atoms with Gasteiger partial charge < -0.3 is 15.4 Å². The standard InChI is InChI=1S/C17H22N4O2/c1-4-12(3)20-16-11-18-14(10-19-16)17(22)21-13-8-6-7-9-15(13)23-5-2/h6-12H,4-5H2,1-3H3,(H,19,20)(H,21,22). The molecule has 1 aromatic heterocycles. The summed E-state index contributed by atoms with van der Waals surface area (Å²) >= 11 is 0. The lowest BCUT2D eigenvalue weighted by atomic mass is 10.2. The Morgan fingerprint density at radius 2 is 2.00 bits per heavy atom. The van der Waals surface area contributed by atoms with E-state index in [-0.39, 0.29) is 11.6 Å². The lowest BCUT2D eigenvalue weighted by Crippen LogP contribution is -2.17. The zero-order valence-corrected chi connectivity index (χ0v) is 13.7. The van der Waals surface area contributed by atoms with E-state index in [0.29, 0.717) is 29.9 Å². The molecule has 6 nitrogen and oxygen atoms in total. The summed E-state index contributed by atoms with van der Waals surface area (Å²) in [7, 11) is 0. The smallest absolute Gasteiger partial charge is 0.275 e. The number of nitrogens with one attached hydrogen (secondary N) is 2. The van der Waals surface area contributed by atoms with Crippen LogP contribution in [0.1, 0.15) is 37.7 Å². The summed E-state index contributed by atoms with van der Waals surface area (Å²) in [6, 6.07) is 7.60. The maximum absolute atomic E-state index is 12.3. The third-order valence-electron chi connectivity index (χ3n) is 3.33. The average Bonchev–Trinajstić information content (AvgIpc) is 2.57. The zero-order valence-electron chi connectivity index (χ0n) is 13.7. The Balaban J connectivity index is 2.06. The molecule has 6 heteroatoms. The van der Waals surface area contributed by atoms with Gasteiger partial charge in [0.15, 0.2) is 0 Å². The Kier molecular flexibility index (Phi) is 5.91. The highest BCUT2D eigenvalue weighted by Crippen LogP contribution is 2.24. The maximum atomic E-state index is 12.3. The summed E-state index contributed by atoms with van der Waals surface area (Å²) < 4.78 is 5.49. The quantitative estimate of drug-likeness (QED) is 0.819.